The van der Waals surface area contributed by atoms with Crippen LogP contribution in [0.1, 0.15) is 5.69 Å². The summed E-state index contributed by atoms with van der Waals surface area (Å²) in [5, 5.41) is 6.78. The van der Waals surface area contributed by atoms with Gasteiger partial charge in [-0.05, 0) is 47.9 Å². The summed E-state index contributed by atoms with van der Waals surface area (Å²) in [6.07, 6.45) is 2.40. The van der Waals surface area contributed by atoms with Crippen LogP contribution >= 0.6 is 11.6 Å². The number of sulfonamides is 1. The first-order chi connectivity index (χ1) is 20.1. The number of ether oxygens (including phenoxy) is 1. The van der Waals surface area contributed by atoms with Gasteiger partial charge in [0.05, 0.1) is 41.4 Å². The molecule has 0 bridgehead atoms. The van der Waals surface area contributed by atoms with Crippen LogP contribution in [0.2, 0.25) is 5.02 Å². The van der Waals surface area contributed by atoms with Gasteiger partial charge < -0.3 is 10.5 Å². The fourth-order valence-electron chi connectivity index (χ4n) is 4.98. The molecule has 0 aliphatic carbocycles. The van der Waals surface area contributed by atoms with Gasteiger partial charge in [-0.3, -0.25) is 14.1 Å². The van der Waals surface area contributed by atoms with Gasteiger partial charge in [0.25, 0.3) is 5.56 Å². The van der Waals surface area contributed by atoms with E-state index in [-0.39, 0.29) is 23.6 Å². The molecule has 0 amide bonds. The van der Waals surface area contributed by atoms with Crippen molar-refractivity contribution in [1.29, 1.82) is 0 Å². The zero-order valence-electron chi connectivity index (χ0n) is 22.4. The quantitative estimate of drug-likeness (QED) is 0.273. The van der Waals surface area contributed by atoms with Gasteiger partial charge in [-0.1, -0.05) is 41.9 Å². The molecule has 42 heavy (non-hydrogen) atoms. The lowest BCUT2D eigenvalue weighted by atomic mass is 10.1. The van der Waals surface area contributed by atoms with Gasteiger partial charge >= 0.3 is 0 Å². The fourth-order valence-corrected chi connectivity index (χ4v) is 5.80. The smallest absolute Gasteiger partial charge is 0.264 e. The first-order valence-electron chi connectivity index (χ1n) is 12.7. The van der Waals surface area contributed by atoms with Crippen LogP contribution in [0.5, 0.6) is 5.75 Å². The van der Waals surface area contributed by atoms with E-state index in [2.05, 4.69) is 14.7 Å². The van der Waals surface area contributed by atoms with Crippen LogP contribution in [0, 0.1) is 0 Å². The lowest BCUT2D eigenvalue weighted by Crippen LogP contribution is -2.24. The number of benzene rings is 3. The van der Waals surface area contributed by atoms with E-state index in [1.54, 1.807) is 39.6 Å². The molecule has 0 aliphatic rings. The van der Waals surface area contributed by atoms with Crippen LogP contribution in [0.15, 0.2) is 83.9 Å². The lowest BCUT2D eigenvalue weighted by Gasteiger charge is -2.15. The third-order valence-electron chi connectivity index (χ3n) is 6.73. The predicted molar refractivity (Wildman–Crippen MR) is 164 cm³/mol. The van der Waals surface area contributed by atoms with E-state index in [4.69, 9.17) is 27.2 Å². The molecule has 11 nitrogen and oxygen atoms in total. The van der Waals surface area contributed by atoms with E-state index in [0.717, 1.165) is 6.26 Å². The van der Waals surface area contributed by atoms with E-state index in [1.807, 2.05) is 42.5 Å². The van der Waals surface area contributed by atoms with Crippen molar-refractivity contribution in [3.8, 4) is 22.7 Å². The van der Waals surface area contributed by atoms with Crippen LogP contribution < -0.4 is 20.8 Å². The molecule has 13 heteroatoms. The second kappa shape index (κ2) is 10.5. The summed E-state index contributed by atoms with van der Waals surface area (Å²) in [5.74, 6) is 0.527. The van der Waals surface area contributed by atoms with Gasteiger partial charge in [-0.15, -0.1) is 0 Å². The van der Waals surface area contributed by atoms with Crippen LogP contribution in [0.4, 0.5) is 11.5 Å². The Morgan fingerprint density at radius 2 is 1.79 bits per heavy atom. The standard InChI is InChI=1S/C29H24ClN7O4S/c1-41-23-12-11-18(14-22(23)35-42(2,39)40)26-25-27(31)32-16-33-28(25)36(34-26)15-20-13-17-7-6-10-21(30)24(17)29(38)37(20)19-8-4-3-5-9-19/h3-14,16,35H,15H2,1-2H3,(H2,31,32,33). The maximum Gasteiger partial charge on any atom is 0.264 e. The minimum absolute atomic E-state index is 0.143. The summed E-state index contributed by atoms with van der Waals surface area (Å²) >= 11 is 6.46. The summed E-state index contributed by atoms with van der Waals surface area (Å²) in [6.45, 7) is 0.143. The molecule has 3 N–H and O–H groups in total. The third-order valence-corrected chi connectivity index (χ3v) is 7.63. The molecule has 6 rings (SSSR count). The molecule has 0 saturated heterocycles. The molecule has 212 valence electrons. The molecule has 0 atom stereocenters. The number of rotatable bonds is 7. The molecular formula is C29H24ClN7O4S. The first kappa shape index (κ1) is 27.2. The third kappa shape index (κ3) is 4.91. The number of nitrogens with two attached hydrogens (primary N) is 1. The predicted octanol–water partition coefficient (Wildman–Crippen LogP) is 4.46. The number of nitrogens with zero attached hydrogens (tertiary/aromatic N) is 5. The van der Waals surface area contributed by atoms with Crippen molar-refractivity contribution in [2.75, 3.05) is 23.8 Å². The Balaban J connectivity index is 1.57. The van der Waals surface area contributed by atoms with Crippen molar-refractivity contribution in [3.63, 3.8) is 0 Å². The molecule has 0 fully saturated rings. The van der Waals surface area contributed by atoms with E-state index >= 15 is 0 Å². The SMILES string of the molecule is COc1ccc(-c2nn(Cc3cc4cccc(Cl)c4c(=O)n3-c3ccccc3)c3ncnc(N)c23)cc1NS(C)(=O)=O. The molecule has 0 unspecified atom stereocenters. The molecule has 0 spiro atoms. The first-order valence-corrected chi connectivity index (χ1v) is 14.9. The molecule has 3 aromatic carbocycles. The number of nitrogens with one attached hydrogen (secondary N) is 1. The lowest BCUT2D eigenvalue weighted by molar-refractivity contribution is 0.417. The Morgan fingerprint density at radius 3 is 2.52 bits per heavy atom. The number of nitrogen functional groups attached to an aromatic ring is 1. The van der Waals surface area contributed by atoms with Crippen LogP contribution in [-0.2, 0) is 16.6 Å². The van der Waals surface area contributed by atoms with Crippen LogP contribution in [0.3, 0.4) is 0 Å². The maximum atomic E-state index is 13.9. The topological polar surface area (TPSA) is 147 Å². The highest BCUT2D eigenvalue weighted by Crippen LogP contribution is 2.35. The van der Waals surface area contributed by atoms with Gasteiger partial charge in [0.1, 0.15) is 23.6 Å². The molecular weight excluding hydrogens is 578 g/mol. The number of anilines is 2. The van der Waals surface area contributed by atoms with Crippen molar-refractivity contribution in [2.45, 2.75) is 6.54 Å². The monoisotopic (exact) mass is 601 g/mol. The molecule has 6 aromatic rings. The number of pyridine rings is 1. The Hall–Kier alpha value is -4.94. The van der Waals surface area contributed by atoms with Crippen molar-refractivity contribution >= 4 is 54.9 Å². The highest BCUT2D eigenvalue weighted by atomic mass is 35.5. The van der Waals surface area contributed by atoms with Gasteiger partial charge in [-0.25, -0.2) is 23.1 Å². The second-order valence-corrected chi connectivity index (χ2v) is 11.7. The van der Waals surface area contributed by atoms with Gasteiger partial charge in [0, 0.05) is 16.9 Å². The molecule has 3 heterocycles. The average Bonchev–Trinajstić information content (AvgIpc) is 3.32. The Kier molecular flexibility index (Phi) is 6.79. The Morgan fingerprint density at radius 1 is 1.00 bits per heavy atom. The Bertz CT molecular complexity index is 2160. The zero-order valence-corrected chi connectivity index (χ0v) is 24.0. The Labute approximate surface area is 245 Å². The van der Waals surface area contributed by atoms with Crippen molar-refractivity contribution in [1.82, 2.24) is 24.3 Å². The molecule has 3 aromatic heterocycles. The number of methoxy groups -OCH3 is 1. The van der Waals surface area contributed by atoms with Crippen LogP contribution in [-0.4, -0.2) is 46.1 Å². The summed E-state index contributed by atoms with van der Waals surface area (Å²) < 4.78 is 35.1. The minimum Gasteiger partial charge on any atom is -0.495 e. The average molecular weight is 602 g/mol. The minimum atomic E-state index is -3.60. The van der Waals surface area contributed by atoms with Crippen molar-refractivity contribution < 1.29 is 13.2 Å². The van der Waals surface area contributed by atoms with Gasteiger partial charge in [0.2, 0.25) is 10.0 Å². The summed E-state index contributed by atoms with van der Waals surface area (Å²) in [7, 11) is -2.15. The highest BCUT2D eigenvalue weighted by Gasteiger charge is 2.21. The zero-order chi connectivity index (χ0) is 29.6. The molecule has 0 aliphatic heterocycles. The van der Waals surface area contributed by atoms with E-state index in [9.17, 15) is 13.2 Å². The van der Waals surface area contributed by atoms with E-state index < -0.39 is 10.0 Å². The normalized spacial score (nSPS) is 11.7. The maximum absolute atomic E-state index is 13.9. The van der Waals surface area contributed by atoms with E-state index in [1.165, 1.54) is 13.4 Å². The summed E-state index contributed by atoms with van der Waals surface area (Å²) in [5.41, 5.74) is 9.00. The van der Waals surface area contributed by atoms with Crippen molar-refractivity contribution in [2.24, 2.45) is 0 Å². The highest BCUT2D eigenvalue weighted by molar-refractivity contribution is 7.92. The number of hydrogen-bond donors (Lipinski definition) is 2. The number of aromatic nitrogens is 5. The number of para-hydroxylation sites is 1. The number of hydrogen-bond acceptors (Lipinski definition) is 8. The number of halogens is 1. The van der Waals surface area contributed by atoms with Crippen molar-refractivity contribution in [3.05, 3.63) is 100 Å². The second-order valence-electron chi connectivity index (χ2n) is 9.57. The largest absolute Gasteiger partial charge is 0.495 e. The molecule has 0 saturated carbocycles. The summed E-state index contributed by atoms with van der Waals surface area (Å²) in [6, 6.07) is 21.5. The van der Waals surface area contributed by atoms with Crippen LogP contribution in [0.25, 0.3) is 38.8 Å². The number of fused-ring (bicyclic) bond motifs is 2. The molecule has 0 radical (unpaired) electrons. The van der Waals surface area contributed by atoms with Gasteiger partial charge in [-0.2, -0.15) is 5.10 Å². The van der Waals surface area contributed by atoms with Gasteiger partial charge in [0.15, 0.2) is 5.65 Å². The fraction of sp³-hybridized carbons (Fsp3) is 0.103. The van der Waals surface area contributed by atoms with E-state index in [0.29, 0.717) is 55.2 Å². The summed E-state index contributed by atoms with van der Waals surface area (Å²) in [4.78, 5) is 22.5.